The molecule has 3 rings (SSSR count). The number of hydrogen-bond acceptors (Lipinski definition) is 4. The van der Waals surface area contributed by atoms with Crippen LogP contribution in [0.5, 0.6) is 5.75 Å². The molecule has 0 bridgehead atoms. The Labute approximate surface area is 123 Å². The van der Waals surface area contributed by atoms with E-state index in [1.807, 2.05) is 42.5 Å². The number of fused-ring (bicyclic) bond motifs is 1. The molecule has 1 aliphatic rings. The van der Waals surface area contributed by atoms with Crippen molar-refractivity contribution in [3.8, 4) is 5.75 Å². The van der Waals surface area contributed by atoms with Crippen molar-refractivity contribution in [1.82, 2.24) is 0 Å². The minimum atomic E-state index is 0.0522. The number of oxime groups is 1. The van der Waals surface area contributed by atoms with Gasteiger partial charge >= 0.3 is 0 Å². The maximum atomic E-state index is 9.03. The summed E-state index contributed by atoms with van der Waals surface area (Å²) in [7, 11) is 0. The quantitative estimate of drug-likeness (QED) is 0.670. The Kier molecular flexibility index (Phi) is 3.88. The zero-order chi connectivity index (χ0) is 14.7. The van der Waals surface area contributed by atoms with Crippen molar-refractivity contribution in [3.63, 3.8) is 0 Å². The Hall–Kier alpha value is -2.33. The van der Waals surface area contributed by atoms with E-state index < -0.39 is 0 Å². The highest BCUT2D eigenvalue weighted by molar-refractivity contribution is 6.04. The van der Waals surface area contributed by atoms with Gasteiger partial charge < -0.3 is 15.1 Å². The maximum absolute atomic E-state index is 9.03. The predicted molar refractivity (Wildman–Crippen MR) is 79.8 cm³/mol. The number of benzene rings is 2. The smallest absolute Gasteiger partial charge is 0.123 e. The van der Waals surface area contributed by atoms with Gasteiger partial charge in [-0.25, -0.2) is 0 Å². The van der Waals surface area contributed by atoms with Gasteiger partial charge in [0.25, 0.3) is 0 Å². The summed E-state index contributed by atoms with van der Waals surface area (Å²) in [6.45, 7) is 0.532. The minimum absolute atomic E-state index is 0.0522. The summed E-state index contributed by atoms with van der Waals surface area (Å²) in [6.07, 6.45) is 1.59. The molecule has 0 atom stereocenters. The van der Waals surface area contributed by atoms with E-state index in [0.717, 1.165) is 46.6 Å². The highest BCUT2D eigenvalue weighted by Gasteiger charge is 2.21. The topological polar surface area (TPSA) is 62.0 Å². The number of rotatable bonds is 4. The maximum Gasteiger partial charge on any atom is 0.123 e. The molecule has 4 nitrogen and oxygen atoms in total. The Morgan fingerprint density at radius 1 is 1.00 bits per heavy atom. The fraction of sp³-hybridized carbons (Fsp3) is 0.235. The average molecular weight is 283 g/mol. The van der Waals surface area contributed by atoms with E-state index >= 15 is 0 Å². The van der Waals surface area contributed by atoms with Crippen LogP contribution in [0.4, 0.5) is 0 Å². The van der Waals surface area contributed by atoms with Crippen LogP contribution in [-0.2, 0) is 19.6 Å². The van der Waals surface area contributed by atoms with Crippen LogP contribution in [-0.4, -0.2) is 16.0 Å². The van der Waals surface area contributed by atoms with Crippen molar-refractivity contribution in [3.05, 3.63) is 64.7 Å². The molecule has 2 N–H and O–H groups in total. The highest BCUT2D eigenvalue weighted by Crippen LogP contribution is 2.31. The van der Waals surface area contributed by atoms with Crippen LogP contribution in [0.1, 0.15) is 28.7 Å². The number of aliphatic hydroxyl groups excluding tert-OH is 1. The fourth-order valence-corrected chi connectivity index (χ4v) is 2.61. The van der Waals surface area contributed by atoms with Crippen molar-refractivity contribution < 1.29 is 15.1 Å². The van der Waals surface area contributed by atoms with Crippen molar-refractivity contribution in [2.24, 2.45) is 5.16 Å². The number of aliphatic hydroxyl groups is 1. The molecule has 4 heteroatoms. The summed E-state index contributed by atoms with van der Waals surface area (Å²) in [6, 6.07) is 13.5. The Morgan fingerprint density at radius 2 is 1.76 bits per heavy atom. The lowest BCUT2D eigenvalue weighted by Crippen LogP contribution is -1.99. The van der Waals surface area contributed by atoms with Crippen molar-refractivity contribution in [1.29, 1.82) is 0 Å². The number of nitrogens with zero attached hydrogens (tertiary/aromatic N) is 1. The Bertz CT molecular complexity index is 662. The second-order valence-corrected chi connectivity index (χ2v) is 5.09. The molecule has 0 heterocycles. The van der Waals surface area contributed by atoms with Gasteiger partial charge in [-0.15, -0.1) is 0 Å². The van der Waals surface area contributed by atoms with Gasteiger partial charge in [-0.05, 0) is 30.0 Å². The van der Waals surface area contributed by atoms with Gasteiger partial charge in [0.15, 0.2) is 0 Å². The molecule has 0 saturated carbocycles. The first-order valence-corrected chi connectivity index (χ1v) is 6.96. The second kappa shape index (κ2) is 5.97. The summed E-state index contributed by atoms with van der Waals surface area (Å²) < 4.78 is 5.90. The zero-order valence-electron chi connectivity index (χ0n) is 11.6. The van der Waals surface area contributed by atoms with Crippen molar-refractivity contribution in [2.45, 2.75) is 26.1 Å². The molecule has 0 unspecified atom stereocenters. The molecule has 21 heavy (non-hydrogen) atoms. The lowest BCUT2D eigenvalue weighted by atomic mass is 10.1. The number of ether oxygens (including phenoxy) is 1. The van der Waals surface area contributed by atoms with Gasteiger partial charge in [0.2, 0.25) is 0 Å². The molecule has 108 valence electrons. The van der Waals surface area contributed by atoms with Crippen molar-refractivity contribution in [2.75, 3.05) is 0 Å². The van der Waals surface area contributed by atoms with Crippen LogP contribution in [0, 0.1) is 0 Å². The van der Waals surface area contributed by atoms with E-state index in [9.17, 15) is 0 Å². The lowest BCUT2D eigenvalue weighted by molar-refractivity contribution is 0.281. The molecule has 0 radical (unpaired) electrons. The third-order valence-electron chi connectivity index (χ3n) is 3.78. The molecule has 0 aliphatic heterocycles. The van der Waals surface area contributed by atoms with Gasteiger partial charge in [-0.3, -0.25) is 0 Å². The SMILES string of the molecule is OCc1ccc(COc2cccc3c2CC/C3=N\O)cc1. The van der Waals surface area contributed by atoms with Gasteiger partial charge in [-0.2, -0.15) is 0 Å². The van der Waals surface area contributed by atoms with Crippen LogP contribution < -0.4 is 4.74 Å². The molecule has 1 aliphatic carbocycles. The van der Waals surface area contributed by atoms with Crippen LogP contribution in [0.2, 0.25) is 0 Å². The third kappa shape index (κ3) is 2.76. The van der Waals surface area contributed by atoms with Crippen LogP contribution in [0.3, 0.4) is 0 Å². The molecule has 0 fully saturated rings. The molecule has 2 aromatic rings. The summed E-state index contributed by atoms with van der Waals surface area (Å²) >= 11 is 0. The van der Waals surface area contributed by atoms with Crippen LogP contribution in [0.15, 0.2) is 47.6 Å². The van der Waals surface area contributed by atoms with E-state index in [-0.39, 0.29) is 6.61 Å². The van der Waals surface area contributed by atoms with E-state index in [1.54, 1.807) is 0 Å². The van der Waals surface area contributed by atoms with Gasteiger partial charge in [-0.1, -0.05) is 41.6 Å². The zero-order valence-corrected chi connectivity index (χ0v) is 11.6. The Balaban J connectivity index is 1.75. The van der Waals surface area contributed by atoms with Crippen LogP contribution >= 0.6 is 0 Å². The van der Waals surface area contributed by atoms with E-state index in [0.29, 0.717) is 6.61 Å². The van der Waals surface area contributed by atoms with E-state index in [2.05, 4.69) is 5.16 Å². The summed E-state index contributed by atoms with van der Waals surface area (Å²) in [5.41, 5.74) is 4.76. The number of hydrogen-bond donors (Lipinski definition) is 2. The standard InChI is InChI=1S/C17H17NO3/c19-10-12-4-6-13(7-5-12)11-21-17-3-1-2-14-15(17)8-9-16(14)18-20/h1-7,19-20H,8-11H2/b18-16+. The molecular weight excluding hydrogens is 266 g/mol. The molecular formula is C17H17NO3. The molecule has 0 saturated heterocycles. The predicted octanol–water partition coefficient (Wildman–Crippen LogP) is 2.88. The highest BCUT2D eigenvalue weighted by atomic mass is 16.5. The van der Waals surface area contributed by atoms with Crippen molar-refractivity contribution >= 4 is 5.71 Å². The summed E-state index contributed by atoms with van der Waals surface area (Å²) in [4.78, 5) is 0. The van der Waals surface area contributed by atoms with Gasteiger partial charge in [0.1, 0.15) is 12.4 Å². The second-order valence-electron chi connectivity index (χ2n) is 5.09. The monoisotopic (exact) mass is 283 g/mol. The van der Waals surface area contributed by atoms with Gasteiger partial charge in [0.05, 0.1) is 12.3 Å². The van der Waals surface area contributed by atoms with Crippen LogP contribution in [0.25, 0.3) is 0 Å². The largest absolute Gasteiger partial charge is 0.489 e. The van der Waals surface area contributed by atoms with E-state index in [4.69, 9.17) is 15.1 Å². The molecule has 0 amide bonds. The summed E-state index contributed by atoms with van der Waals surface area (Å²) in [5.74, 6) is 0.845. The molecule has 2 aromatic carbocycles. The first-order chi connectivity index (χ1) is 10.3. The van der Waals surface area contributed by atoms with Gasteiger partial charge in [0, 0.05) is 11.1 Å². The Morgan fingerprint density at radius 3 is 2.48 bits per heavy atom. The minimum Gasteiger partial charge on any atom is -0.489 e. The lowest BCUT2D eigenvalue weighted by Gasteiger charge is -2.11. The summed E-state index contributed by atoms with van der Waals surface area (Å²) in [5, 5.41) is 21.4. The fourth-order valence-electron chi connectivity index (χ4n) is 2.61. The molecule has 0 spiro atoms. The first-order valence-electron chi connectivity index (χ1n) is 6.96. The third-order valence-corrected chi connectivity index (χ3v) is 3.78. The van der Waals surface area contributed by atoms with E-state index in [1.165, 1.54) is 0 Å². The first kappa shape index (κ1) is 13.6. The average Bonchev–Trinajstić information content (AvgIpc) is 2.97. The molecule has 0 aromatic heterocycles. The normalized spacial score (nSPS) is 15.2.